The molecule has 2 aromatic heterocycles. The topological polar surface area (TPSA) is 203 Å². The number of nitrogens with zero attached hydrogens (tertiary/aromatic N) is 4. The van der Waals surface area contributed by atoms with Crippen molar-refractivity contribution in [2.75, 3.05) is 13.7 Å². The third-order valence-corrected chi connectivity index (χ3v) is 13.4. The minimum atomic E-state index is -3.85. The van der Waals surface area contributed by atoms with Crippen molar-refractivity contribution in [3.05, 3.63) is 53.9 Å². The minimum Gasteiger partial charge on any atom is -0.496 e. The lowest BCUT2D eigenvalue weighted by molar-refractivity contribution is -0.140. The number of aryl methyl sites for hydroxylation is 1. The molecular formula is C41H53F2N7O9S. The smallest absolute Gasteiger partial charge is 0.272 e. The predicted octanol–water partition coefficient (Wildman–Crippen LogP) is 3.74. The molecule has 60 heavy (non-hydrogen) atoms. The summed E-state index contributed by atoms with van der Waals surface area (Å²) in [5, 5.41) is 21.2. The van der Waals surface area contributed by atoms with Crippen LogP contribution in [0.4, 0.5) is 8.78 Å². The molecule has 19 heteroatoms. The fraction of sp³-hybridized carbons (Fsp3) is 0.585. The van der Waals surface area contributed by atoms with Gasteiger partial charge in [-0.2, -0.15) is 9.82 Å². The highest BCUT2D eigenvalue weighted by Gasteiger charge is 2.61. The van der Waals surface area contributed by atoms with E-state index in [1.54, 1.807) is 25.3 Å². The number of benzene rings is 1. The second-order valence-corrected chi connectivity index (χ2v) is 18.4. The third kappa shape index (κ3) is 9.52. The first-order valence-electron chi connectivity index (χ1n) is 20.5. The van der Waals surface area contributed by atoms with Gasteiger partial charge in [-0.05, 0) is 77.5 Å². The van der Waals surface area contributed by atoms with E-state index < -0.39 is 75.9 Å². The van der Waals surface area contributed by atoms with Crippen LogP contribution in [-0.4, -0.2) is 112 Å². The van der Waals surface area contributed by atoms with Gasteiger partial charge in [0.1, 0.15) is 48.2 Å². The van der Waals surface area contributed by atoms with E-state index in [2.05, 4.69) is 20.5 Å². The Bertz CT molecular complexity index is 2230. The van der Waals surface area contributed by atoms with E-state index in [-0.39, 0.29) is 43.5 Å². The van der Waals surface area contributed by atoms with E-state index in [1.807, 2.05) is 32.9 Å². The van der Waals surface area contributed by atoms with Crippen LogP contribution in [0.15, 0.2) is 42.6 Å². The SMILES string of the molecule is COc1ccc2c(O[C@@H]3CC4C(=O)N[C@]5(C(O)NS(=O)(=O)C6CC6)CC5/C=C\CCCCC[C@H](NC(=O)c5ccn(CC(F)F)n5)C(=O)N4C3)cc(OC(C)C)nc2c1C. The average molecular weight is 858 g/mol. The summed E-state index contributed by atoms with van der Waals surface area (Å²) in [5.74, 6) is -1.05. The van der Waals surface area contributed by atoms with E-state index in [9.17, 15) is 36.7 Å². The molecule has 3 amide bonds. The van der Waals surface area contributed by atoms with Gasteiger partial charge in [0.05, 0.1) is 36.1 Å². The van der Waals surface area contributed by atoms with Crippen LogP contribution in [0.3, 0.4) is 0 Å². The van der Waals surface area contributed by atoms with Gasteiger partial charge in [0.25, 0.3) is 12.3 Å². The summed E-state index contributed by atoms with van der Waals surface area (Å²) in [4.78, 5) is 48.9. The van der Waals surface area contributed by atoms with Gasteiger partial charge < -0.3 is 34.9 Å². The maximum Gasteiger partial charge on any atom is 0.272 e. The predicted molar refractivity (Wildman–Crippen MR) is 215 cm³/mol. The number of nitrogens with one attached hydrogen (secondary N) is 3. The van der Waals surface area contributed by atoms with Crippen molar-refractivity contribution < 1.29 is 50.9 Å². The Morgan fingerprint density at radius 2 is 1.90 bits per heavy atom. The van der Waals surface area contributed by atoms with Crippen molar-refractivity contribution in [3.8, 4) is 17.4 Å². The maximum atomic E-state index is 14.8. The minimum absolute atomic E-state index is 0.00389. The summed E-state index contributed by atoms with van der Waals surface area (Å²) in [5.41, 5.74) is -0.216. The molecule has 6 atom stereocenters. The second kappa shape index (κ2) is 17.6. The van der Waals surface area contributed by atoms with Gasteiger partial charge in [0.15, 0.2) is 0 Å². The van der Waals surface area contributed by atoms with Gasteiger partial charge in [-0.1, -0.05) is 25.0 Å². The summed E-state index contributed by atoms with van der Waals surface area (Å²) >= 11 is 0. The zero-order chi connectivity index (χ0) is 42.9. The quantitative estimate of drug-likeness (QED) is 0.144. The largest absolute Gasteiger partial charge is 0.496 e. The number of pyridine rings is 1. The Morgan fingerprint density at radius 3 is 2.62 bits per heavy atom. The summed E-state index contributed by atoms with van der Waals surface area (Å²) < 4.78 is 73.6. The highest BCUT2D eigenvalue weighted by atomic mass is 32.2. The molecule has 326 valence electrons. The Labute approximate surface area is 347 Å². The lowest BCUT2D eigenvalue weighted by Gasteiger charge is -2.31. The summed E-state index contributed by atoms with van der Waals surface area (Å²) in [6.07, 6.45) is 3.81. The van der Waals surface area contributed by atoms with Crippen LogP contribution in [0.5, 0.6) is 17.4 Å². The lowest BCUT2D eigenvalue weighted by Crippen LogP contribution is -2.60. The number of ether oxygens (including phenoxy) is 3. The number of carbonyl (C=O) groups is 3. The van der Waals surface area contributed by atoms with Crippen LogP contribution in [-0.2, 0) is 26.2 Å². The molecule has 0 bridgehead atoms. The summed E-state index contributed by atoms with van der Waals surface area (Å²) in [6, 6.07) is 4.23. The van der Waals surface area contributed by atoms with Crippen molar-refractivity contribution >= 4 is 38.6 Å². The van der Waals surface area contributed by atoms with Crippen molar-refractivity contribution in [1.82, 2.24) is 35.0 Å². The first-order chi connectivity index (χ1) is 28.6. The van der Waals surface area contributed by atoms with Crippen LogP contribution < -0.4 is 29.6 Å². The average Bonchev–Trinajstić information content (AvgIpc) is 4.07. The number of aromatic nitrogens is 3. The first kappa shape index (κ1) is 43.2. The number of alkyl halides is 2. The van der Waals surface area contributed by atoms with Gasteiger partial charge in [0.2, 0.25) is 27.7 Å². The number of sulfonamides is 1. The highest BCUT2D eigenvalue weighted by Crippen LogP contribution is 2.48. The van der Waals surface area contributed by atoms with Crippen LogP contribution in [0.25, 0.3) is 10.9 Å². The number of amides is 3. The van der Waals surface area contributed by atoms with Crippen molar-refractivity contribution in [2.24, 2.45) is 5.92 Å². The molecule has 3 unspecified atom stereocenters. The third-order valence-electron chi connectivity index (χ3n) is 11.5. The molecule has 4 aliphatic rings. The molecule has 2 saturated carbocycles. The number of fused-ring (bicyclic) bond motifs is 3. The van der Waals surface area contributed by atoms with Crippen LogP contribution in [0.2, 0.25) is 0 Å². The zero-order valence-electron chi connectivity index (χ0n) is 34.1. The van der Waals surface area contributed by atoms with Crippen molar-refractivity contribution in [2.45, 2.75) is 133 Å². The van der Waals surface area contributed by atoms with E-state index in [1.165, 1.54) is 17.2 Å². The van der Waals surface area contributed by atoms with E-state index in [0.717, 1.165) is 16.7 Å². The fourth-order valence-corrected chi connectivity index (χ4v) is 9.59. The van der Waals surface area contributed by atoms with Gasteiger partial charge in [-0.3, -0.25) is 19.1 Å². The maximum absolute atomic E-state index is 14.8. The molecule has 2 aliphatic carbocycles. The van der Waals surface area contributed by atoms with Gasteiger partial charge in [-0.15, -0.1) is 0 Å². The fourth-order valence-electron chi connectivity index (χ4n) is 8.11. The highest BCUT2D eigenvalue weighted by molar-refractivity contribution is 7.90. The molecule has 1 aromatic carbocycles. The number of allylic oxidation sites excluding steroid dienone is 1. The standard InChI is InChI=1S/C41H53F2N7O9S/c1-23(2)58-35-19-33(28-14-15-32(57-4)24(3)36(28)45-35)59-26-18-31-38(52)46-41(40(54)48-60(55,56)27-12-13-27)20-25(41)10-8-6-5-7-9-11-30(39(53)50(31)21-26)44-37(51)29-16-17-49(47-29)22-34(42)43/h8,10,14-17,19,23,25-27,30-31,34,40,48,54H,5-7,9,11-13,18,20-22H2,1-4H3,(H,44,51)(H,46,52)/b10-8-/t25?,26-,30+,31?,40?,41-/m1/s1. The number of carbonyl (C=O) groups excluding carboxylic acids is 3. The van der Waals surface area contributed by atoms with E-state index in [4.69, 9.17) is 19.2 Å². The Kier molecular flexibility index (Phi) is 12.7. The normalized spacial score (nSPS) is 26.1. The molecule has 0 spiro atoms. The molecule has 4 heterocycles. The molecule has 3 fully saturated rings. The van der Waals surface area contributed by atoms with E-state index in [0.29, 0.717) is 60.4 Å². The Balaban J connectivity index is 1.22. The second-order valence-electron chi connectivity index (χ2n) is 16.4. The number of rotatable bonds is 13. The van der Waals surface area contributed by atoms with Gasteiger partial charge in [-0.25, -0.2) is 22.2 Å². The Hall–Kier alpha value is -4.88. The van der Waals surface area contributed by atoms with Gasteiger partial charge in [0, 0.05) is 35.6 Å². The number of aliphatic hydroxyl groups is 1. The summed E-state index contributed by atoms with van der Waals surface area (Å²) in [7, 11) is -2.29. The molecule has 3 aromatic rings. The van der Waals surface area contributed by atoms with Crippen LogP contribution in [0.1, 0.15) is 87.7 Å². The molecule has 0 radical (unpaired) electrons. The van der Waals surface area contributed by atoms with Crippen molar-refractivity contribution in [3.63, 3.8) is 0 Å². The summed E-state index contributed by atoms with van der Waals surface area (Å²) in [6.45, 7) is 4.79. The monoisotopic (exact) mass is 857 g/mol. The molecule has 4 N–H and O–H groups in total. The number of aliphatic hydroxyl groups excluding tert-OH is 1. The number of hydrogen-bond acceptors (Lipinski definition) is 11. The molecule has 2 aliphatic heterocycles. The van der Waals surface area contributed by atoms with Gasteiger partial charge >= 0.3 is 0 Å². The van der Waals surface area contributed by atoms with Crippen LogP contribution in [0, 0.1) is 12.8 Å². The molecule has 7 rings (SSSR count). The molecule has 16 nitrogen and oxygen atoms in total. The number of halogens is 2. The molecular weight excluding hydrogens is 805 g/mol. The molecule has 1 saturated heterocycles. The van der Waals surface area contributed by atoms with Crippen LogP contribution >= 0.6 is 0 Å². The van der Waals surface area contributed by atoms with E-state index >= 15 is 0 Å². The number of methoxy groups -OCH3 is 1. The number of hydrogen-bond donors (Lipinski definition) is 4. The zero-order valence-corrected chi connectivity index (χ0v) is 34.9. The Morgan fingerprint density at radius 1 is 1.12 bits per heavy atom. The lowest BCUT2D eigenvalue weighted by atomic mass is 10.0. The van der Waals surface area contributed by atoms with Crippen molar-refractivity contribution in [1.29, 1.82) is 0 Å². The first-order valence-corrected chi connectivity index (χ1v) is 22.1.